The summed E-state index contributed by atoms with van der Waals surface area (Å²) in [5.41, 5.74) is 1.02. The molecule has 0 fully saturated rings. The summed E-state index contributed by atoms with van der Waals surface area (Å²) in [6.45, 7) is 0. The van der Waals surface area contributed by atoms with Gasteiger partial charge in [0.2, 0.25) is 0 Å². The molecule has 0 N–H and O–H groups in total. The van der Waals surface area contributed by atoms with Crippen molar-refractivity contribution in [3.8, 4) is 6.07 Å². The number of nitrogens with zero attached hydrogens (tertiary/aromatic N) is 2. The number of aromatic nitrogens is 1. The molecular weight excluding hydrogens is 176 g/mol. The van der Waals surface area contributed by atoms with Gasteiger partial charge in [-0.3, -0.25) is 0 Å². The van der Waals surface area contributed by atoms with Crippen LogP contribution in [-0.4, -0.2) is 5.16 Å². The van der Waals surface area contributed by atoms with E-state index in [1.165, 1.54) is 6.20 Å². The largest absolute Gasteiger partial charge is 0.356 e. The van der Waals surface area contributed by atoms with Crippen LogP contribution < -0.4 is 0 Å². The number of hydrogen-bond acceptors (Lipinski definition) is 3. The lowest BCUT2D eigenvalue weighted by molar-refractivity contribution is 0.456. The van der Waals surface area contributed by atoms with E-state index in [0.29, 0.717) is 16.2 Å². The van der Waals surface area contributed by atoms with Crippen LogP contribution in [0.3, 0.4) is 0 Å². The van der Waals surface area contributed by atoms with Gasteiger partial charge in [0.1, 0.15) is 0 Å². The Morgan fingerprint density at radius 2 is 2.33 bits per heavy atom. The van der Waals surface area contributed by atoms with Gasteiger partial charge in [-0.25, -0.2) is 0 Å². The lowest BCUT2D eigenvalue weighted by Crippen LogP contribution is -1.73. The standard InChI is InChI=1S/C8H3ClN2O/c9-7-1-5(3-10)2-8-6(7)4-11-12-8/h1-2,4H. The van der Waals surface area contributed by atoms with Crippen molar-refractivity contribution < 1.29 is 4.52 Å². The molecule has 58 valence electrons. The van der Waals surface area contributed by atoms with Gasteiger partial charge in [-0.15, -0.1) is 0 Å². The smallest absolute Gasteiger partial charge is 0.169 e. The molecule has 1 aromatic carbocycles. The summed E-state index contributed by atoms with van der Waals surface area (Å²) in [5, 5.41) is 13.4. The van der Waals surface area contributed by atoms with Gasteiger partial charge in [-0.2, -0.15) is 5.26 Å². The average molecular weight is 179 g/mol. The lowest BCUT2D eigenvalue weighted by atomic mass is 10.2. The molecule has 0 saturated carbocycles. The zero-order valence-corrected chi connectivity index (χ0v) is 6.67. The summed E-state index contributed by atoms with van der Waals surface area (Å²) in [4.78, 5) is 0. The Hall–Kier alpha value is -1.53. The Balaban J connectivity index is 2.86. The summed E-state index contributed by atoms with van der Waals surface area (Å²) in [7, 11) is 0. The molecule has 1 aromatic heterocycles. The molecule has 1 heterocycles. The number of nitriles is 1. The highest BCUT2D eigenvalue weighted by Gasteiger charge is 2.04. The van der Waals surface area contributed by atoms with Crippen molar-refractivity contribution in [2.75, 3.05) is 0 Å². The molecule has 0 aliphatic carbocycles. The van der Waals surface area contributed by atoms with Crippen LogP contribution in [0, 0.1) is 11.3 Å². The average Bonchev–Trinajstić information content (AvgIpc) is 2.52. The van der Waals surface area contributed by atoms with Crippen LogP contribution in [0.25, 0.3) is 11.0 Å². The molecule has 0 spiro atoms. The third-order valence-electron chi connectivity index (χ3n) is 1.55. The van der Waals surface area contributed by atoms with Gasteiger partial charge < -0.3 is 4.52 Å². The number of fused-ring (bicyclic) bond motifs is 1. The van der Waals surface area contributed by atoms with Crippen LogP contribution in [0.5, 0.6) is 0 Å². The van der Waals surface area contributed by atoms with Crippen molar-refractivity contribution in [2.24, 2.45) is 0 Å². The third-order valence-corrected chi connectivity index (χ3v) is 1.87. The maximum Gasteiger partial charge on any atom is 0.169 e. The Morgan fingerprint density at radius 3 is 3.08 bits per heavy atom. The minimum atomic E-state index is 0.476. The molecule has 12 heavy (non-hydrogen) atoms. The SMILES string of the molecule is N#Cc1cc(Cl)c2cnoc2c1. The van der Waals surface area contributed by atoms with Gasteiger partial charge in [0.25, 0.3) is 0 Å². The van der Waals surface area contributed by atoms with E-state index in [2.05, 4.69) is 5.16 Å². The number of rotatable bonds is 0. The molecule has 0 aliphatic rings. The summed E-state index contributed by atoms with van der Waals surface area (Å²) in [6, 6.07) is 5.17. The molecule has 0 unspecified atom stereocenters. The van der Waals surface area contributed by atoms with Crippen LogP contribution in [0.1, 0.15) is 5.56 Å². The zero-order chi connectivity index (χ0) is 8.55. The Morgan fingerprint density at radius 1 is 1.50 bits per heavy atom. The van der Waals surface area contributed by atoms with Crippen molar-refractivity contribution in [1.29, 1.82) is 5.26 Å². The molecule has 0 saturated heterocycles. The van der Waals surface area contributed by atoms with Crippen LogP contribution in [0.4, 0.5) is 0 Å². The topological polar surface area (TPSA) is 49.8 Å². The first-order valence-electron chi connectivity index (χ1n) is 3.25. The molecule has 0 radical (unpaired) electrons. The Kier molecular flexibility index (Phi) is 1.49. The highest BCUT2D eigenvalue weighted by atomic mass is 35.5. The molecule has 0 bridgehead atoms. The van der Waals surface area contributed by atoms with Crippen LogP contribution in [-0.2, 0) is 0 Å². The second kappa shape index (κ2) is 2.50. The first-order valence-corrected chi connectivity index (χ1v) is 3.63. The molecule has 0 atom stereocenters. The summed E-state index contributed by atoms with van der Waals surface area (Å²) in [6.07, 6.45) is 1.53. The minimum Gasteiger partial charge on any atom is -0.356 e. The molecular formula is C8H3ClN2O. The van der Waals surface area contributed by atoms with Gasteiger partial charge in [-0.1, -0.05) is 16.8 Å². The normalized spacial score (nSPS) is 10.0. The fourth-order valence-electron chi connectivity index (χ4n) is 0.994. The van der Waals surface area contributed by atoms with E-state index in [1.54, 1.807) is 12.1 Å². The maximum atomic E-state index is 8.59. The number of benzene rings is 1. The van der Waals surface area contributed by atoms with E-state index in [1.807, 2.05) is 6.07 Å². The summed E-state index contributed by atoms with van der Waals surface area (Å²) >= 11 is 5.83. The molecule has 0 amide bonds. The van der Waals surface area contributed by atoms with Gasteiger partial charge >= 0.3 is 0 Å². The molecule has 2 aromatic rings. The summed E-state index contributed by atoms with van der Waals surface area (Å²) in [5.74, 6) is 0. The van der Waals surface area contributed by atoms with Gasteiger partial charge in [-0.05, 0) is 6.07 Å². The lowest BCUT2D eigenvalue weighted by Gasteiger charge is -1.91. The van der Waals surface area contributed by atoms with Crippen molar-refractivity contribution in [3.05, 3.63) is 28.9 Å². The van der Waals surface area contributed by atoms with E-state index < -0.39 is 0 Å². The van der Waals surface area contributed by atoms with Crippen LogP contribution in [0.15, 0.2) is 22.9 Å². The highest BCUT2D eigenvalue weighted by Crippen LogP contribution is 2.24. The van der Waals surface area contributed by atoms with Crippen molar-refractivity contribution in [1.82, 2.24) is 5.16 Å². The van der Waals surface area contributed by atoms with Crippen molar-refractivity contribution >= 4 is 22.6 Å². The van der Waals surface area contributed by atoms with Crippen molar-refractivity contribution in [2.45, 2.75) is 0 Å². The quantitative estimate of drug-likeness (QED) is 0.622. The van der Waals surface area contributed by atoms with Crippen LogP contribution >= 0.6 is 11.6 Å². The van der Waals surface area contributed by atoms with Crippen LogP contribution in [0.2, 0.25) is 5.02 Å². The number of halogens is 1. The Labute approximate surface area is 73.1 Å². The Bertz CT molecular complexity index is 469. The number of hydrogen-bond donors (Lipinski definition) is 0. The molecule has 3 nitrogen and oxygen atoms in total. The fourth-order valence-corrected chi connectivity index (χ4v) is 1.25. The van der Waals surface area contributed by atoms with Gasteiger partial charge in [0.05, 0.1) is 28.2 Å². The predicted molar refractivity (Wildman–Crippen MR) is 43.7 cm³/mol. The highest BCUT2D eigenvalue weighted by molar-refractivity contribution is 6.35. The fraction of sp³-hybridized carbons (Fsp3) is 0. The predicted octanol–water partition coefficient (Wildman–Crippen LogP) is 2.35. The van der Waals surface area contributed by atoms with E-state index in [0.717, 1.165) is 5.39 Å². The van der Waals surface area contributed by atoms with E-state index >= 15 is 0 Å². The first kappa shape index (κ1) is 7.14. The van der Waals surface area contributed by atoms with Gasteiger partial charge in [0.15, 0.2) is 5.58 Å². The molecule has 4 heteroatoms. The maximum absolute atomic E-state index is 8.59. The third kappa shape index (κ3) is 0.936. The second-order valence-electron chi connectivity index (χ2n) is 2.31. The summed E-state index contributed by atoms with van der Waals surface area (Å²) < 4.78 is 4.86. The van der Waals surface area contributed by atoms with E-state index in [9.17, 15) is 0 Å². The van der Waals surface area contributed by atoms with Crippen molar-refractivity contribution in [3.63, 3.8) is 0 Å². The first-order chi connectivity index (χ1) is 5.81. The second-order valence-corrected chi connectivity index (χ2v) is 2.71. The van der Waals surface area contributed by atoms with E-state index in [4.69, 9.17) is 21.4 Å². The molecule has 2 rings (SSSR count). The van der Waals surface area contributed by atoms with Gasteiger partial charge in [0, 0.05) is 6.07 Å². The zero-order valence-electron chi connectivity index (χ0n) is 5.91. The molecule has 0 aliphatic heterocycles. The minimum absolute atomic E-state index is 0.476. The van der Waals surface area contributed by atoms with E-state index in [-0.39, 0.29) is 0 Å². The monoisotopic (exact) mass is 178 g/mol.